The minimum absolute atomic E-state index is 0.327. The minimum atomic E-state index is -0.753. The fraction of sp³-hybridized carbons (Fsp3) is 0.160. The molecule has 4 aromatic rings. The normalized spacial score (nSPS) is 11.6. The highest BCUT2D eigenvalue weighted by atomic mass is 79.9. The standard InChI is InChI=1S/C25H23Br2N5O2/c1-17(34-22-5-3-2-4-6-22)23(33)32-25(29-16-19-9-13-21(27)14-10-19)30-24(31-32)28-15-18-7-11-20(26)12-8-18/h2-14,17H,15-16H2,1H3,(H2,28,29,30,31)/t17-/m1/s1. The Morgan fingerprint density at radius 2 is 1.44 bits per heavy atom. The molecule has 0 unspecified atom stereocenters. The Labute approximate surface area is 214 Å². The summed E-state index contributed by atoms with van der Waals surface area (Å²) in [4.78, 5) is 17.7. The molecule has 174 valence electrons. The van der Waals surface area contributed by atoms with Gasteiger partial charge in [-0.05, 0) is 54.4 Å². The van der Waals surface area contributed by atoms with Gasteiger partial charge in [0.05, 0.1) is 0 Å². The summed E-state index contributed by atoms with van der Waals surface area (Å²) in [5, 5.41) is 10.8. The van der Waals surface area contributed by atoms with Gasteiger partial charge in [-0.3, -0.25) is 4.79 Å². The summed E-state index contributed by atoms with van der Waals surface area (Å²) >= 11 is 6.88. The Morgan fingerprint density at radius 1 is 0.882 bits per heavy atom. The Hall–Kier alpha value is -3.17. The lowest BCUT2D eigenvalue weighted by Gasteiger charge is -2.14. The number of carbonyl (C=O) groups is 1. The number of anilines is 2. The van der Waals surface area contributed by atoms with Crippen molar-refractivity contribution in [3.05, 3.63) is 98.9 Å². The molecule has 34 heavy (non-hydrogen) atoms. The summed E-state index contributed by atoms with van der Waals surface area (Å²) in [5.41, 5.74) is 2.11. The first kappa shape index (κ1) is 24.0. The Morgan fingerprint density at radius 3 is 2.03 bits per heavy atom. The van der Waals surface area contributed by atoms with Gasteiger partial charge in [-0.25, -0.2) is 0 Å². The highest BCUT2D eigenvalue weighted by Crippen LogP contribution is 2.18. The van der Waals surface area contributed by atoms with Crippen LogP contribution in [-0.2, 0) is 13.1 Å². The zero-order chi connectivity index (χ0) is 23.9. The number of hydrogen-bond acceptors (Lipinski definition) is 6. The van der Waals surface area contributed by atoms with Crippen LogP contribution in [0.5, 0.6) is 5.75 Å². The molecule has 2 N–H and O–H groups in total. The molecule has 7 nitrogen and oxygen atoms in total. The van der Waals surface area contributed by atoms with Gasteiger partial charge in [-0.1, -0.05) is 74.3 Å². The predicted octanol–water partition coefficient (Wildman–Crippen LogP) is 6.14. The molecule has 3 aromatic carbocycles. The van der Waals surface area contributed by atoms with Crippen LogP contribution in [0.15, 0.2) is 87.8 Å². The van der Waals surface area contributed by atoms with Crippen molar-refractivity contribution in [1.29, 1.82) is 0 Å². The first-order valence-corrected chi connectivity index (χ1v) is 12.3. The highest BCUT2D eigenvalue weighted by Gasteiger charge is 2.23. The SMILES string of the molecule is C[C@@H](Oc1ccccc1)C(=O)n1nc(NCc2ccc(Br)cc2)nc1NCc1ccc(Br)cc1. The van der Waals surface area contributed by atoms with Gasteiger partial charge in [0.2, 0.25) is 11.9 Å². The van der Waals surface area contributed by atoms with E-state index >= 15 is 0 Å². The van der Waals surface area contributed by atoms with Crippen LogP contribution in [0.3, 0.4) is 0 Å². The molecule has 0 radical (unpaired) electrons. The smallest absolute Gasteiger partial charge is 0.290 e. The summed E-state index contributed by atoms with van der Waals surface area (Å²) in [6, 6.07) is 25.1. The molecule has 4 rings (SSSR count). The van der Waals surface area contributed by atoms with Crippen molar-refractivity contribution in [2.45, 2.75) is 26.1 Å². The van der Waals surface area contributed by atoms with E-state index in [1.807, 2.05) is 78.9 Å². The molecule has 1 aromatic heterocycles. The van der Waals surface area contributed by atoms with E-state index in [0.29, 0.717) is 30.7 Å². The van der Waals surface area contributed by atoms with Crippen molar-refractivity contribution >= 4 is 49.7 Å². The van der Waals surface area contributed by atoms with Crippen LogP contribution in [0.25, 0.3) is 0 Å². The van der Waals surface area contributed by atoms with Gasteiger partial charge in [0.15, 0.2) is 6.10 Å². The van der Waals surface area contributed by atoms with Crippen LogP contribution in [0, 0.1) is 0 Å². The summed E-state index contributed by atoms with van der Waals surface area (Å²) in [5.74, 6) is 0.976. The minimum Gasteiger partial charge on any atom is -0.481 e. The first-order chi connectivity index (χ1) is 16.5. The van der Waals surface area contributed by atoms with Crippen molar-refractivity contribution in [3.63, 3.8) is 0 Å². The van der Waals surface area contributed by atoms with Crippen LogP contribution in [-0.4, -0.2) is 26.8 Å². The Kier molecular flexibility index (Phi) is 7.97. The first-order valence-electron chi connectivity index (χ1n) is 10.7. The number of halogens is 2. The molecule has 0 spiro atoms. The number of carbonyl (C=O) groups excluding carboxylic acids is 1. The molecule has 1 heterocycles. The predicted molar refractivity (Wildman–Crippen MR) is 140 cm³/mol. The fourth-order valence-corrected chi connectivity index (χ4v) is 3.68. The summed E-state index contributed by atoms with van der Waals surface area (Å²) in [6.45, 7) is 2.71. The second-order valence-corrected chi connectivity index (χ2v) is 9.37. The van der Waals surface area contributed by atoms with E-state index in [0.717, 1.165) is 20.1 Å². The molecule has 0 aliphatic carbocycles. The zero-order valence-electron chi connectivity index (χ0n) is 18.4. The largest absolute Gasteiger partial charge is 0.481 e. The monoisotopic (exact) mass is 583 g/mol. The quantitative estimate of drug-likeness (QED) is 0.246. The van der Waals surface area contributed by atoms with Gasteiger partial charge in [0.25, 0.3) is 5.91 Å². The lowest BCUT2D eigenvalue weighted by Crippen LogP contribution is -2.31. The second-order valence-electron chi connectivity index (χ2n) is 7.54. The molecule has 0 amide bonds. The molecular weight excluding hydrogens is 562 g/mol. The van der Waals surface area contributed by atoms with Crippen molar-refractivity contribution in [2.75, 3.05) is 10.6 Å². The van der Waals surface area contributed by atoms with E-state index in [2.05, 4.69) is 52.6 Å². The maximum Gasteiger partial charge on any atom is 0.290 e. The van der Waals surface area contributed by atoms with Gasteiger partial charge in [0, 0.05) is 22.0 Å². The van der Waals surface area contributed by atoms with Crippen LogP contribution < -0.4 is 15.4 Å². The number of para-hydroxylation sites is 1. The van der Waals surface area contributed by atoms with Crippen LogP contribution in [0.1, 0.15) is 22.8 Å². The Balaban J connectivity index is 1.51. The van der Waals surface area contributed by atoms with Crippen molar-refractivity contribution in [2.24, 2.45) is 0 Å². The van der Waals surface area contributed by atoms with Crippen LogP contribution in [0.2, 0.25) is 0 Å². The molecule has 0 saturated carbocycles. The number of rotatable bonds is 9. The fourth-order valence-electron chi connectivity index (χ4n) is 3.15. The maximum atomic E-state index is 13.2. The van der Waals surface area contributed by atoms with Gasteiger partial charge in [0.1, 0.15) is 5.75 Å². The van der Waals surface area contributed by atoms with Gasteiger partial charge >= 0.3 is 0 Å². The summed E-state index contributed by atoms with van der Waals surface area (Å²) in [7, 11) is 0. The molecular formula is C25H23Br2N5O2. The molecule has 0 fully saturated rings. The van der Waals surface area contributed by atoms with Crippen molar-refractivity contribution in [1.82, 2.24) is 14.8 Å². The van der Waals surface area contributed by atoms with E-state index in [1.54, 1.807) is 6.92 Å². The number of aromatic nitrogens is 3. The highest BCUT2D eigenvalue weighted by molar-refractivity contribution is 9.10. The summed E-state index contributed by atoms with van der Waals surface area (Å²) < 4.78 is 9.09. The van der Waals surface area contributed by atoms with Gasteiger partial charge in [-0.2, -0.15) is 9.67 Å². The number of nitrogens with one attached hydrogen (secondary N) is 2. The van der Waals surface area contributed by atoms with Crippen molar-refractivity contribution in [3.8, 4) is 5.75 Å². The number of ether oxygens (including phenoxy) is 1. The third-order valence-electron chi connectivity index (χ3n) is 4.95. The van der Waals surface area contributed by atoms with E-state index in [1.165, 1.54) is 4.68 Å². The van der Waals surface area contributed by atoms with E-state index in [4.69, 9.17) is 4.74 Å². The van der Waals surface area contributed by atoms with E-state index in [-0.39, 0.29) is 5.91 Å². The Bertz CT molecular complexity index is 1230. The van der Waals surface area contributed by atoms with Crippen LogP contribution in [0.4, 0.5) is 11.9 Å². The van der Waals surface area contributed by atoms with Gasteiger partial charge in [-0.15, -0.1) is 5.10 Å². The third-order valence-corrected chi connectivity index (χ3v) is 6.00. The third kappa shape index (κ3) is 6.45. The molecule has 1 atom stereocenters. The van der Waals surface area contributed by atoms with Gasteiger partial charge < -0.3 is 15.4 Å². The van der Waals surface area contributed by atoms with E-state index < -0.39 is 6.10 Å². The lowest BCUT2D eigenvalue weighted by atomic mass is 10.2. The summed E-state index contributed by atoms with van der Waals surface area (Å²) in [6.07, 6.45) is -0.753. The average Bonchev–Trinajstić information content (AvgIpc) is 3.26. The molecule has 0 aliphatic heterocycles. The average molecular weight is 585 g/mol. The number of benzene rings is 3. The second kappa shape index (κ2) is 11.3. The zero-order valence-corrected chi connectivity index (χ0v) is 21.6. The molecule has 0 aliphatic rings. The topological polar surface area (TPSA) is 81.1 Å². The number of hydrogen-bond donors (Lipinski definition) is 2. The van der Waals surface area contributed by atoms with Crippen molar-refractivity contribution < 1.29 is 9.53 Å². The molecule has 9 heteroatoms. The van der Waals surface area contributed by atoms with Crippen LogP contribution >= 0.6 is 31.9 Å². The number of nitrogens with zero attached hydrogens (tertiary/aromatic N) is 3. The molecule has 0 saturated heterocycles. The molecule has 0 bridgehead atoms. The van der Waals surface area contributed by atoms with E-state index in [9.17, 15) is 4.79 Å². The maximum absolute atomic E-state index is 13.2. The lowest BCUT2D eigenvalue weighted by molar-refractivity contribution is 0.0713.